The first kappa shape index (κ1) is 20.1. The molecule has 2 atom stereocenters. The Morgan fingerprint density at radius 1 is 1.21 bits per heavy atom. The molecule has 3 rings (SSSR count). The van der Waals surface area contributed by atoms with Crippen molar-refractivity contribution in [2.75, 3.05) is 0 Å². The molecule has 150 valence electrons. The fourth-order valence-corrected chi connectivity index (χ4v) is 3.65. The predicted molar refractivity (Wildman–Crippen MR) is 96.2 cm³/mol. The van der Waals surface area contributed by atoms with E-state index in [0.717, 1.165) is 5.56 Å². The summed E-state index contributed by atoms with van der Waals surface area (Å²) in [6, 6.07) is 3.36. The van der Waals surface area contributed by atoms with Crippen LogP contribution in [0.5, 0.6) is 0 Å². The summed E-state index contributed by atoms with van der Waals surface area (Å²) in [6.45, 7) is 3.76. The summed E-state index contributed by atoms with van der Waals surface area (Å²) in [7, 11) is 0. The van der Waals surface area contributed by atoms with Crippen LogP contribution in [0.2, 0.25) is 0 Å². The molecule has 5 nitrogen and oxygen atoms in total. The highest BCUT2D eigenvalue weighted by atomic mass is 19.4. The maximum absolute atomic E-state index is 12.8. The van der Waals surface area contributed by atoms with E-state index in [9.17, 15) is 27.6 Å². The van der Waals surface area contributed by atoms with Crippen LogP contribution in [0, 0.1) is 12.8 Å². The number of aryl methyl sites for hydroxylation is 1. The zero-order valence-corrected chi connectivity index (χ0v) is 15.6. The van der Waals surface area contributed by atoms with Gasteiger partial charge < -0.3 is 10.6 Å². The van der Waals surface area contributed by atoms with Crippen molar-refractivity contribution in [3.8, 4) is 0 Å². The van der Waals surface area contributed by atoms with E-state index >= 15 is 0 Å². The molecular formula is C20H21F3N2O3. The second kappa shape index (κ2) is 7.41. The van der Waals surface area contributed by atoms with Gasteiger partial charge in [-0.25, -0.2) is 0 Å². The van der Waals surface area contributed by atoms with Crippen molar-refractivity contribution in [3.05, 3.63) is 40.5 Å². The minimum atomic E-state index is -4.54. The molecule has 1 heterocycles. The van der Waals surface area contributed by atoms with Crippen LogP contribution >= 0.6 is 0 Å². The zero-order chi connectivity index (χ0) is 20.6. The number of nitrogens with one attached hydrogen (secondary N) is 2. The molecule has 1 aliphatic carbocycles. The van der Waals surface area contributed by atoms with E-state index < -0.39 is 30.0 Å². The maximum Gasteiger partial charge on any atom is 0.408 e. The molecular weight excluding hydrogens is 373 g/mol. The maximum atomic E-state index is 12.8. The highest BCUT2D eigenvalue weighted by Gasteiger charge is 2.46. The Morgan fingerprint density at radius 3 is 2.54 bits per heavy atom. The number of amides is 2. The number of Topliss-reactive ketones (excluding diaryl/α,β-unsaturated/α-hetero) is 1. The van der Waals surface area contributed by atoms with Gasteiger partial charge in [0, 0.05) is 16.7 Å². The van der Waals surface area contributed by atoms with Gasteiger partial charge in [0.25, 0.3) is 0 Å². The van der Waals surface area contributed by atoms with Crippen LogP contribution in [-0.2, 0) is 9.59 Å². The lowest BCUT2D eigenvalue weighted by atomic mass is 9.92. The molecule has 0 radical (unpaired) electrons. The van der Waals surface area contributed by atoms with Gasteiger partial charge in [-0.2, -0.15) is 13.2 Å². The monoisotopic (exact) mass is 394 g/mol. The summed E-state index contributed by atoms with van der Waals surface area (Å²) >= 11 is 0. The number of allylic oxidation sites excluding steroid dienone is 1. The SMILES string of the molecule is CCCC1=C(NC(=O)C2CCC(C(F)(F)F)NC2=O)c2ccc(C)cc2C1=O. The molecule has 0 aromatic heterocycles. The number of carbonyl (C=O) groups excluding carboxylic acids is 3. The van der Waals surface area contributed by atoms with E-state index in [-0.39, 0.29) is 18.6 Å². The van der Waals surface area contributed by atoms with Gasteiger partial charge in [-0.15, -0.1) is 0 Å². The largest absolute Gasteiger partial charge is 0.408 e. The van der Waals surface area contributed by atoms with E-state index in [2.05, 4.69) is 5.32 Å². The van der Waals surface area contributed by atoms with Crippen LogP contribution in [0.4, 0.5) is 13.2 Å². The first-order chi connectivity index (χ1) is 13.1. The predicted octanol–water partition coefficient (Wildman–Crippen LogP) is 3.28. The summed E-state index contributed by atoms with van der Waals surface area (Å²) in [6.07, 6.45) is -3.96. The molecule has 1 aromatic carbocycles. The average Bonchev–Trinajstić information content (AvgIpc) is 2.86. The van der Waals surface area contributed by atoms with E-state index in [1.54, 1.807) is 12.1 Å². The number of halogens is 3. The number of hydrogen-bond donors (Lipinski definition) is 2. The molecule has 2 amide bonds. The molecule has 1 aliphatic heterocycles. The van der Waals surface area contributed by atoms with Gasteiger partial charge in [-0.05, 0) is 32.3 Å². The number of piperidine rings is 1. The highest BCUT2D eigenvalue weighted by molar-refractivity contribution is 6.22. The van der Waals surface area contributed by atoms with E-state index in [0.29, 0.717) is 35.2 Å². The summed E-state index contributed by atoms with van der Waals surface area (Å²) < 4.78 is 38.4. The molecule has 0 spiro atoms. The highest BCUT2D eigenvalue weighted by Crippen LogP contribution is 2.35. The number of carbonyl (C=O) groups is 3. The summed E-state index contributed by atoms with van der Waals surface area (Å²) in [5.74, 6) is -3.03. The third-order valence-corrected chi connectivity index (χ3v) is 5.10. The molecule has 2 aliphatic rings. The van der Waals surface area contributed by atoms with Crippen LogP contribution in [0.3, 0.4) is 0 Å². The number of hydrogen-bond acceptors (Lipinski definition) is 3. The Kier molecular flexibility index (Phi) is 5.32. The lowest BCUT2D eigenvalue weighted by Gasteiger charge is -2.30. The number of benzene rings is 1. The Labute approximate surface area is 160 Å². The number of rotatable bonds is 4. The first-order valence-corrected chi connectivity index (χ1v) is 9.20. The van der Waals surface area contributed by atoms with Crippen LogP contribution in [0.15, 0.2) is 23.8 Å². The van der Waals surface area contributed by atoms with Crippen LogP contribution in [0.1, 0.15) is 54.1 Å². The lowest BCUT2D eigenvalue weighted by molar-refractivity contribution is -0.171. The Hall–Kier alpha value is -2.64. The second-order valence-corrected chi connectivity index (χ2v) is 7.20. The van der Waals surface area contributed by atoms with Crippen molar-refractivity contribution in [1.29, 1.82) is 0 Å². The van der Waals surface area contributed by atoms with Crippen molar-refractivity contribution < 1.29 is 27.6 Å². The zero-order valence-electron chi connectivity index (χ0n) is 15.6. The second-order valence-electron chi connectivity index (χ2n) is 7.20. The fraction of sp³-hybridized carbons (Fsp3) is 0.450. The fourth-order valence-electron chi connectivity index (χ4n) is 3.65. The van der Waals surface area contributed by atoms with Gasteiger partial charge in [-0.3, -0.25) is 14.4 Å². The molecule has 1 aromatic rings. The molecule has 2 unspecified atom stereocenters. The van der Waals surface area contributed by atoms with Gasteiger partial charge in [0.05, 0.1) is 5.70 Å². The Balaban J connectivity index is 1.83. The molecule has 0 saturated carbocycles. The van der Waals surface area contributed by atoms with E-state index in [4.69, 9.17) is 0 Å². The minimum Gasteiger partial charge on any atom is -0.344 e. The summed E-state index contributed by atoms with van der Waals surface area (Å²) in [4.78, 5) is 37.4. The molecule has 1 saturated heterocycles. The molecule has 28 heavy (non-hydrogen) atoms. The van der Waals surface area contributed by atoms with Gasteiger partial charge in [-0.1, -0.05) is 31.0 Å². The van der Waals surface area contributed by atoms with Crippen molar-refractivity contribution in [3.63, 3.8) is 0 Å². The van der Waals surface area contributed by atoms with Gasteiger partial charge >= 0.3 is 6.18 Å². The van der Waals surface area contributed by atoms with Crippen molar-refractivity contribution in [2.24, 2.45) is 5.92 Å². The molecule has 1 fully saturated rings. The number of ketones is 1. The smallest absolute Gasteiger partial charge is 0.344 e. The summed E-state index contributed by atoms with van der Waals surface area (Å²) in [5.41, 5.74) is 2.79. The third-order valence-electron chi connectivity index (χ3n) is 5.10. The molecule has 8 heteroatoms. The average molecular weight is 394 g/mol. The van der Waals surface area contributed by atoms with Crippen LogP contribution in [0.25, 0.3) is 5.70 Å². The number of fused-ring (bicyclic) bond motifs is 1. The lowest BCUT2D eigenvalue weighted by Crippen LogP contribution is -2.54. The quantitative estimate of drug-likeness (QED) is 0.770. The molecule has 2 N–H and O–H groups in total. The van der Waals surface area contributed by atoms with Crippen molar-refractivity contribution in [1.82, 2.24) is 10.6 Å². The van der Waals surface area contributed by atoms with Gasteiger partial charge in [0.15, 0.2) is 5.78 Å². The topological polar surface area (TPSA) is 75.3 Å². The minimum absolute atomic E-state index is 0.166. The van der Waals surface area contributed by atoms with Crippen molar-refractivity contribution in [2.45, 2.75) is 51.7 Å². The molecule has 0 bridgehead atoms. The van der Waals surface area contributed by atoms with Crippen molar-refractivity contribution >= 4 is 23.3 Å². The van der Waals surface area contributed by atoms with E-state index in [1.807, 2.05) is 25.2 Å². The first-order valence-electron chi connectivity index (χ1n) is 9.20. The Morgan fingerprint density at radius 2 is 1.93 bits per heavy atom. The normalized spacial score (nSPS) is 22.2. The summed E-state index contributed by atoms with van der Waals surface area (Å²) in [5, 5.41) is 4.53. The Bertz CT molecular complexity index is 874. The van der Waals surface area contributed by atoms with E-state index in [1.165, 1.54) is 0 Å². The van der Waals surface area contributed by atoms with Gasteiger partial charge in [0.2, 0.25) is 11.8 Å². The third kappa shape index (κ3) is 3.68. The number of alkyl halides is 3. The van der Waals surface area contributed by atoms with Gasteiger partial charge in [0.1, 0.15) is 12.0 Å². The van der Waals surface area contributed by atoms with Crippen LogP contribution in [-0.4, -0.2) is 29.8 Å². The van der Waals surface area contributed by atoms with Crippen LogP contribution < -0.4 is 10.6 Å². The standard InChI is InChI=1S/C20H21F3N2O3/c1-3-4-12-16(11-6-5-10(2)9-14(11)17(12)26)25-19(28)13-7-8-15(20(21,22)23)24-18(13)27/h5-6,9,13,15H,3-4,7-8H2,1-2H3,(H,24,27)(H,25,28).